The Bertz CT molecular complexity index is 329. The molecular formula is C18H34O4S. The van der Waals surface area contributed by atoms with Crippen LogP contribution in [0.1, 0.15) is 72.6 Å². The minimum atomic E-state index is -0.952. The molecule has 1 fully saturated rings. The van der Waals surface area contributed by atoms with Gasteiger partial charge in [0.15, 0.2) is 5.12 Å². The number of hydrogen-bond donors (Lipinski definition) is 0. The Morgan fingerprint density at radius 3 is 2.39 bits per heavy atom. The van der Waals surface area contributed by atoms with Gasteiger partial charge in [0.1, 0.15) is 0 Å². The van der Waals surface area contributed by atoms with Gasteiger partial charge in [0.05, 0.1) is 12.0 Å². The van der Waals surface area contributed by atoms with Crippen LogP contribution < -0.4 is 0 Å². The van der Waals surface area contributed by atoms with Gasteiger partial charge >= 0.3 is 0 Å². The molecule has 23 heavy (non-hydrogen) atoms. The molecule has 0 saturated carbocycles. The van der Waals surface area contributed by atoms with Gasteiger partial charge in [-0.15, -0.1) is 0 Å². The summed E-state index contributed by atoms with van der Waals surface area (Å²) >= 11 is 1.41. The summed E-state index contributed by atoms with van der Waals surface area (Å²) < 4.78 is 17.8. The van der Waals surface area contributed by atoms with E-state index in [9.17, 15) is 4.79 Å². The molecule has 0 spiro atoms. The van der Waals surface area contributed by atoms with E-state index >= 15 is 0 Å². The van der Waals surface area contributed by atoms with Gasteiger partial charge in [-0.05, 0) is 32.4 Å². The summed E-state index contributed by atoms with van der Waals surface area (Å²) in [6, 6.07) is 0. The first-order chi connectivity index (χ1) is 11.1. The van der Waals surface area contributed by atoms with Crippen molar-refractivity contribution < 1.29 is 19.0 Å². The Labute approximate surface area is 146 Å². The first kappa shape index (κ1) is 20.9. The lowest BCUT2D eigenvalue weighted by Gasteiger charge is -2.43. The molecule has 0 unspecified atom stereocenters. The van der Waals surface area contributed by atoms with Crippen molar-refractivity contribution in [3.8, 4) is 0 Å². The van der Waals surface area contributed by atoms with Crippen LogP contribution in [0.25, 0.3) is 0 Å². The second-order valence-electron chi connectivity index (χ2n) is 5.95. The summed E-state index contributed by atoms with van der Waals surface area (Å²) in [5.41, 5.74) is 0. The van der Waals surface area contributed by atoms with E-state index in [0.717, 1.165) is 25.0 Å². The molecule has 0 aliphatic carbocycles. The lowest BCUT2D eigenvalue weighted by atomic mass is 9.90. The van der Waals surface area contributed by atoms with E-state index in [4.69, 9.17) is 14.2 Å². The van der Waals surface area contributed by atoms with Gasteiger partial charge in [0, 0.05) is 19.6 Å². The average Bonchev–Trinajstić information content (AvgIpc) is 2.52. The highest BCUT2D eigenvalue weighted by Gasteiger charge is 2.45. The van der Waals surface area contributed by atoms with E-state index in [0.29, 0.717) is 19.6 Å². The van der Waals surface area contributed by atoms with Crippen LogP contribution in [0.15, 0.2) is 0 Å². The van der Waals surface area contributed by atoms with Crippen LogP contribution in [0.5, 0.6) is 0 Å². The van der Waals surface area contributed by atoms with Crippen molar-refractivity contribution in [2.45, 2.75) is 84.7 Å². The molecule has 4 nitrogen and oxygen atoms in total. The van der Waals surface area contributed by atoms with Crippen molar-refractivity contribution in [2.24, 2.45) is 5.92 Å². The minimum Gasteiger partial charge on any atom is -0.328 e. The highest BCUT2D eigenvalue weighted by atomic mass is 32.2. The summed E-state index contributed by atoms with van der Waals surface area (Å²) in [6.45, 7) is 9.22. The van der Waals surface area contributed by atoms with Gasteiger partial charge in [0.25, 0.3) is 5.97 Å². The molecule has 136 valence electrons. The Morgan fingerprint density at radius 2 is 1.83 bits per heavy atom. The van der Waals surface area contributed by atoms with Gasteiger partial charge in [-0.25, -0.2) is 0 Å². The van der Waals surface area contributed by atoms with Crippen LogP contribution in [0, 0.1) is 5.92 Å². The van der Waals surface area contributed by atoms with E-state index in [1.807, 2.05) is 20.8 Å². The molecule has 0 N–H and O–H groups in total. The Morgan fingerprint density at radius 1 is 1.13 bits per heavy atom. The van der Waals surface area contributed by atoms with Crippen molar-refractivity contribution in [1.82, 2.24) is 0 Å². The van der Waals surface area contributed by atoms with Gasteiger partial charge in [-0.1, -0.05) is 51.3 Å². The van der Waals surface area contributed by atoms with Crippen LogP contribution >= 0.6 is 11.8 Å². The molecule has 0 aromatic rings. The Hall–Kier alpha value is -0.100. The smallest absolute Gasteiger partial charge is 0.283 e. The first-order valence-corrected chi connectivity index (χ1v) is 10.2. The minimum absolute atomic E-state index is 0.0318. The van der Waals surface area contributed by atoms with Crippen molar-refractivity contribution >= 4 is 16.9 Å². The van der Waals surface area contributed by atoms with Crippen molar-refractivity contribution in [3.63, 3.8) is 0 Å². The van der Waals surface area contributed by atoms with Crippen LogP contribution in [0.3, 0.4) is 0 Å². The van der Waals surface area contributed by atoms with Gasteiger partial charge in [-0.3, -0.25) is 4.79 Å². The molecule has 0 bridgehead atoms. The quantitative estimate of drug-likeness (QED) is 0.399. The van der Waals surface area contributed by atoms with Crippen molar-refractivity contribution in [3.05, 3.63) is 0 Å². The molecule has 1 rings (SSSR count). The molecule has 5 heteroatoms. The monoisotopic (exact) mass is 346 g/mol. The zero-order valence-corrected chi connectivity index (χ0v) is 16.1. The second kappa shape index (κ2) is 11.5. The zero-order valence-electron chi connectivity index (χ0n) is 15.3. The molecule has 1 aliphatic heterocycles. The highest BCUT2D eigenvalue weighted by Crippen LogP contribution is 2.38. The molecule has 2 atom stereocenters. The number of carbonyl (C=O) groups is 1. The van der Waals surface area contributed by atoms with Crippen molar-refractivity contribution in [2.75, 3.05) is 19.0 Å². The van der Waals surface area contributed by atoms with E-state index in [2.05, 4.69) is 6.92 Å². The van der Waals surface area contributed by atoms with Gasteiger partial charge in [-0.2, -0.15) is 0 Å². The van der Waals surface area contributed by atoms with Crippen LogP contribution in [0.4, 0.5) is 0 Å². The third-order valence-corrected chi connectivity index (χ3v) is 5.08. The first-order valence-electron chi connectivity index (χ1n) is 9.24. The maximum Gasteiger partial charge on any atom is 0.283 e. The second-order valence-corrected chi connectivity index (χ2v) is 7.22. The van der Waals surface area contributed by atoms with Crippen LogP contribution in [0.2, 0.25) is 0 Å². The van der Waals surface area contributed by atoms with Gasteiger partial charge in [0.2, 0.25) is 0 Å². The zero-order chi connectivity index (χ0) is 17.1. The molecule has 1 heterocycles. The highest BCUT2D eigenvalue weighted by molar-refractivity contribution is 8.13. The molecule has 1 aliphatic rings. The normalized spacial score (nSPS) is 23.8. The Balaban J connectivity index is 2.74. The summed E-state index contributed by atoms with van der Waals surface area (Å²) in [4.78, 5) is 12.4. The number of unbranched alkanes of at least 4 members (excludes halogenated alkanes) is 3. The lowest BCUT2D eigenvalue weighted by molar-refractivity contribution is -0.410. The van der Waals surface area contributed by atoms with Crippen LogP contribution in [-0.2, 0) is 19.0 Å². The fourth-order valence-corrected chi connectivity index (χ4v) is 3.90. The fraction of sp³-hybridized carbons (Fsp3) is 0.944. The SMILES string of the molecule is CCCCCC[C@@H]1OC(OCC)(OCC)CC[C@H]1C(=O)SCC. The molecule has 0 amide bonds. The standard InChI is InChI=1S/C18H34O4S/c1-5-9-10-11-12-16-15(17(19)23-8-4)13-14-18(22-16,20-6-2)21-7-3/h15-16H,5-14H2,1-4H3/t15-,16+/m1/s1. The third-order valence-electron chi connectivity index (χ3n) is 4.20. The molecule has 0 aromatic carbocycles. The number of rotatable bonds is 11. The molecule has 0 radical (unpaired) electrons. The predicted octanol–water partition coefficient (Wildman–Crippen LogP) is 4.76. The topological polar surface area (TPSA) is 44.8 Å². The third kappa shape index (κ3) is 6.73. The summed E-state index contributed by atoms with van der Waals surface area (Å²) in [7, 11) is 0. The number of carbonyl (C=O) groups excluding carboxylic acids is 1. The van der Waals surface area contributed by atoms with E-state index < -0.39 is 5.97 Å². The molecule has 0 aromatic heterocycles. The number of thioether (sulfide) groups is 1. The maximum absolute atomic E-state index is 12.4. The maximum atomic E-state index is 12.4. The van der Waals surface area contributed by atoms with Gasteiger partial charge < -0.3 is 14.2 Å². The summed E-state index contributed by atoms with van der Waals surface area (Å²) in [5.74, 6) is -0.164. The van der Waals surface area contributed by atoms with Crippen molar-refractivity contribution in [1.29, 1.82) is 0 Å². The summed E-state index contributed by atoms with van der Waals surface area (Å²) in [6.07, 6.45) is 6.94. The summed E-state index contributed by atoms with van der Waals surface area (Å²) in [5, 5.41) is 0.259. The van der Waals surface area contributed by atoms with E-state index in [-0.39, 0.29) is 17.1 Å². The number of hydrogen-bond acceptors (Lipinski definition) is 5. The Kier molecular flexibility index (Phi) is 10.4. The van der Waals surface area contributed by atoms with Crippen LogP contribution in [-0.4, -0.2) is 36.2 Å². The molecular weight excluding hydrogens is 312 g/mol. The predicted molar refractivity (Wildman–Crippen MR) is 95.5 cm³/mol. The van der Waals surface area contributed by atoms with E-state index in [1.54, 1.807) is 0 Å². The lowest BCUT2D eigenvalue weighted by Crippen LogP contribution is -2.50. The average molecular weight is 347 g/mol. The molecule has 1 saturated heterocycles. The van der Waals surface area contributed by atoms with E-state index in [1.165, 1.54) is 31.0 Å². The fourth-order valence-electron chi connectivity index (χ4n) is 3.14. The number of ether oxygens (including phenoxy) is 3. The largest absolute Gasteiger partial charge is 0.328 e.